The van der Waals surface area contributed by atoms with Crippen molar-refractivity contribution < 1.29 is 19.1 Å². The van der Waals surface area contributed by atoms with E-state index in [1.54, 1.807) is 40.9 Å². The first-order valence-electron chi connectivity index (χ1n) is 9.51. The number of fused-ring (bicyclic) bond motifs is 2. The van der Waals surface area contributed by atoms with Gasteiger partial charge in [0.15, 0.2) is 11.5 Å². The molecule has 2 aromatic heterocycles. The number of rotatable bonds is 4. The highest BCUT2D eigenvalue weighted by molar-refractivity contribution is 7.10. The van der Waals surface area contributed by atoms with Crippen molar-refractivity contribution >= 4 is 40.3 Å². The Morgan fingerprint density at radius 3 is 2.87 bits per heavy atom. The van der Waals surface area contributed by atoms with Crippen LogP contribution in [0.3, 0.4) is 0 Å². The summed E-state index contributed by atoms with van der Waals surface area (Å²) in [5, 5.41) is 9.25. The second-order valence-corrected chi connectivity index (χ2v) is 8.99. The average molecular weight is 442 g/mol. The molecule has 0 radical (unpaired) electrons. The summed E-state index contributed by atoms with van der Waals surface area (Å²) >= 11 is 3.44. The third kappa shape index (κ3) is 3.79. The Hall–Kier alpha value is -2.88. The molecule has 5 rings (SSSR count). The molecule has 1 atom stereocenters. The van der Waals surface area contributed by atoms with Crippen LogP contribution in [0.2, 0.25) is 0 Å². The molecular formula is C21H19N3O4S2. The Kier molecular flexibility index (Phi) is 5.16. The van der Waals surface area contributed by atoms with E-state index in [1.807, 2.05) is 11.4 Å². The summed E-state index contributed by atoms with van der Waals surface area (Å²) in [5.41, 5.74) is 1.79. The van der Waals surface area contributed by atoms with E-state index >= 15 is 0 Å². The van der Waals surface area contributed by atoms with Crippen LogP contribution in [-0.2, 0) is 11.2 Å². The van der Waals surface area contributed by atoms with E-state index < -0.39 is 6.03 Å². The summed E-state index contributed by atoms with van der Waals surface area (Å²) in [6.07, 6.45) is 0.908. The van der Waals surface area contributed by atoms with E-state index in [-0.39, 0.29) is 25.3 Å². The first-order chi connectivity index (χ1) is 14.7. The van der Waals surface area contributed by atoms with E-state index in [4.69, 9.17) is 9.47 Å². The largest absolute Gasteiger partial charge is 0.454 e. The first-order valence-corrected chi connectivity index (χ1v) is 11.3. The van der Waals surface area contributed by atoms with Crippen LogP contribution in [0.25, 0.3) is 0 Å². The van der Waals surface area contributed by atoms with Crippen molar-refractivity contribution in [3.8, 4) is 11.5 Å². The quantitative estimate of drug-likeness (QED) is 0.643. The standard InChI is InChI=1S/C21H19N3O4S2/c25-19(23-21(26)22-13-3-4-15-16(10-13)28-12-27-15)11-24-7-5-17-14(6-9-30-17)20(24)18-2-1-8-29-18/h1-4,6,8-10,20H,5,7,11-12H2,(H2,22,23,25,26)/t20-/m1/s1. The number of nitrogens with one attached hydrogen (secondary N) is 2. The smallest absolute Gasteiger partial charge is 0.325 e. The van der Waals surface area contributed by atoms with Crippen molar-refractivity contribution in [1.29, 1.82) is 0 Å². The number of carbonyl (C=O) groups is 2. The van der Waals surface area contributed by atoms with Crippen LogP contribution in [0.4, 0.5) is 10.5 Å². The highest BCUT2D eigenvalue weighted by Gasteiger charge is 2.31. The number of imide groups is 1. The molecule has 2 N–H and O–H groups in total. The van der Waals surface area contributed by atoms with Gasteiger partial charge in [-0.1, -0.05) is 6.07 Å². The Labute approximate surface area is 181 Å². The summed E-state index contributed by atoms with van der Waals surface area (Å²) in [5.74, 6) is 0.862. The topological polar surface area (TPSA) is 79.9 Å². The zero-order chi connectivity index (χ0) is 20.5. The molecule has 1 aromatic carbocycles. The molecule has 2 aliphatic heterocycles. The van der Waals surface area contributed by atoms with Gasteiger partial charge in [0.2, 0.25) is 12.7 Å². The van der Waals surface area contributed by atoms with Crippen molar-refractivity contribution in [1.82, 2.24) is 10.2 Å². The van der Waals surface area contributed by atoms with Crippen molar-refractivity contribution in [2.75, 3.05) is 25.2 Å². The molecule has 0 bridgehead atoms. The van der Waals surface area contributed by atoms with Crippen LogP contribution in [0.15, 0.2) is 47.2 Å². The minimum absolute atomic E-state index is 0.0441. The number of hydrogen-bond donors (Lipinski definition) is 2. The summed E-state index contributed by atoms with van der Waals surface area (Å²) in [6.45, 7) is 1.08. The minimum Gasteiger partial charge on any atom is -0.454 e. The second-order valence-electron chi connectivity index (χ2n) is 7.01. The average Bonchev–Trinajstić information content (AvgIpc) is 3.48. The molecule has 2 aliphatic rings. The number of hydrogen-bond acceptors (Lipinski definition) is 7. The number of urea groups is 1. The zero-order valence-electron chi connectivity index (χ0n) is 15.9. The Morgan fingerprint density at radius 1 is 1.10 bits per heavy atom. The van der Waals surface area contributed by atoms with Gasteiger partial charge in [0.1, 0.15) is 0 Å². The van der Waals surface area contributed by atoms with Gasteiger partial charge >= 0.3 is 6.03 Å². The van der Waals surface area contributed by atoms with Crippen LogP contribution in [0, 0.1) is 0 Å². The van der Waals surface area contributed by atoms with Crippen molar-refractivity contribution in [3.05, 3.63) is 62.5 Å². The molecular weight excluding hydrogens is 422 g/mol. The van der Waals surface area contributed by atoms with Crippen LogP contribution >= 0.6 is 22.7 Å². The van der Waals surface area contributed by atoms with Crippen LogP contribution in [-0.4, -0.2) is 36.7 Å². The molecule has 154 valence electrons. The van der Waals surface area contributed by atoms with Gasteiger partial charge in [-0.05, 0) is 47.0 Å². The number of anilines is 1. The minimum atomic E-state index is -0.570. The van der Waals surface area contributed by atoms with Gasteiger partial charge in [0.05, 0.1) is 12.6 Å². The van der Waals surface area contributed by atoms with E-state index in [9.17, 15) is 9.59 Å². The SMILES string of the molecule is O=C(CN1CCc2sccc2[C@@H]1c1cccs1)NC(=O)Nc1ccc2c(c1)OCO2. The lowest BCUT2D eigenvalue weighted by Gasteiger charge is -2.34. The van der Waals surface area contributed by atoms with E-state index in [0.717, 1.165) is 13.0 Å². The molecule has 0 unspecified atom stereocenters. The van der Waals surface area contributed by atoms with Crippen LogP contribution < -0.4 is 20.1 Å². The summed E-state index contributed by atoms with van der Waals surface area (Å²) in [6, 6.07) is 10.8. The lowest BCUT2D eigenvalue weighted by Crippen LogP contribution is -2.45. The number of benzene rings is 1. The third-order valence-corrected chi connectivity index (χ3v) is 7.03. The van der Waals surface area contributed by atoms with E-state index in [1.165, 1.54) is 15.3 Å². The number of nitrogens with zero attached hydrogens (tertiary/aromatic N) is 1. The van der Waals surface area contributed by atoms with Crippen molar-refractivity contribution in [2.45, 2.75) is 12.5 Å². The van der Waals surface area contributed by atoms with Gasteiger partial charge in [-0.3, -0.25) is 15.0 Å². The molecule has 0 saturated heterocycles. The fourth-order valence-corrected chi connectivity index (χ4v) is 5.59. The maximum absolute atomic E-state index is 12.6. The summed E-state index contributed by atoms with van der Waals surface area (Å²) < 4.78 is 10.6. The first kappa shape index (κ1) is 19.1. The maximum atomic E-state index is 12.6. The van der Waals surface area contributed by atoms with Gasteiger partial charge < -0.3 is 14.8 Å². The van der Waals surface area contributed by atoms with Gasteiger partial charge in [-0.15, -0.1) is 22.7 Å². The van der Waals surface area contributed by atoms with Gasteiger partial charge in [0, 0.05) is 28.1 Å². The lowest BCUT2D eigenvalue weighted by molar-refractivity contribution is -0.121. The Balaban J connectivity index is 1.24. The number of amides is 3. The molecule has 7 nitrogen and oxygen atoms in total. The normalized spacial score (nSPS) is 17.4. The highest BCUT2D eigenvalue weighted by Crippen LogP contribution is 2.39. The zero-order valence-corrected chi connectivity index (χ0v) is 17.6. The van der Waals surface area contributed by atoms with Gasteiger partial charge in [-0.2, -0.15) is 0 Å². The Bertz CT molecular complexity index is 1080. The maximum Gasteiger partial charge on any atom is 0.325 e. The molecule has 3 aromatic rings. The lowest BCUT2D eigenvalue weighted by atomic mass is 9.98. The Morgan fingerprint density at radius 2 is 2.00 bits per heavy atom. The fraction of sp³-hybridized carbons (Fsp3) is 0.238. The molecule has 3 amide bonds. The number of ether oxygens (including phenoxy) is 2. The van der Waals surface area contributed by atoms with Crippen molar-refractivity contribution in [2.24, 2.45) is 0 Å². The molecule has 0 aliphatic carbocycles. The molecule has 30 heavy (non-hydrogen) atoms. The number of thiophene rings is 2. The van der Waals surface area contributed by atoms with Gasteiger partial charge in [-0.25, -0.2) is 4.79 Å². The molecule has 0 saturated carbocycles. The van der Waals surface area contributed by atoms with Crippen LogP contribution in [0.1, 0.15) is 21.4 Å². The highest BCUT2D eigenvalue weighted by atomic mass is 32.1. The number of carbonyl (C=O) groups excluding carboxylic acids is 2. The summed E-state index contributed by atoms with van der Waals surface area (Å²) in [7, 11) is 0. The van der Waals surface area contributed by atoms with Crippen LogP contribution in [0.5, 0.6) is 11.5 Å². The fourth-order valence-electron chi connectivity index (χ4n) is 3.81. The van der Waals surface area contributed by atoms with E-state index in [2.05, 4.69) is 33.0 Å². The second kappa shape index (κ2) is 8.10. The summed E-state index contributed by atoms with van der Waals surface area (Å²) in [4.78, 5) is 29.6. The van der Waals surface area contributed by atoms with E-state index in [0.29, 0.717) is 17.2 Å². The molecule has 4 heterocycles. The molecule has 0 spiro atoms. The monoisotopic (exact) mass is 441 g/mol. The predicted octanol–water partition coefficient (Wildman–Crippen LogP) is 3.83. The third-order valence-electron chi connectivity index (χ3n) is 5.11. The van der Waals surface area contributed by atoms with Crippen molar-refractivity contribution in [3.63, 3.8) is 0 Å². The predicted molar refractivity (Wildman–Crippen MR) is 115 cm³/mol. The molecule has 9 heteroatoms. The molecule has 0 fully saturated rings. The van der Waals surface area contributed by atoms with Gasteiger partial charge in [0.25, 0.3) is 0 Å².